The molecule has 0 aliphatic carbocycles. The van der Waals surface area contributed by atoms with Gasteiger partial charge in [-0.25, -0.2) is 0 Å². The van der Waals surface area contributed by atoms with Gasteiger partial charge in [-0.05, 0) is 35.9 Å². The highest BCUT2D eigenvalue weighted by Crippen LogP contribution is 2.21. The summed E-state index contributed by atoms with van der Waals surface area (Å²) in [6, 6.07) is 15.0. The molecule has 1 heterocycles. The van der Waals surface area contributed by atoms with Crippen LogP contribution in [0.3, 0.4) is 0 Å². The Balaban J connectivity index is 1.79. The van der Waals surface area contributed by atoms with Gasteiger partial charge in [-0.2, -0.15) is 0 Å². The SMILES string of the molecule is CNC(=O)c1cnc2cc(OCc3cccc(Cl)c3)ccc2c1. The summed E-state index contributed by atoms with van der Waals surface area (Å²) in [6.45, 7) is 0.433. The van der Waals surface area contributed by atoms with Gasteiger partial charge in [0.25, 0.3) is 5.91 Å². The molecular weight excluding hydrogens is 312 g/mol. The molecule has 3 rings (SSSR count). The molecule has 1 amide bonds. The number of pyridine rings is 1. The van der Waals surface area contributed by atoms with E-state index < -0.39 is 0 Å². The second-order valence-electron chi connectivity index (χ2n) is 5.08. The average molecular weight is 327 g/mol. The molecule has 0 bridgehead atoms. The standard InChI is InChI=1S/C18H15ClN2O2/c1-20-18(22)14-8-13-5-6-16(9-17(13)21-10-14)23-11-12-3-2-4-15(19)7-12/h2-10H,11H2,1H3,(H,20,22). The highest BCUT2D eigenvalue weighted by molar-refractivity contribution is 6.30. The van der Waals surface area contributed by atoms with Crippen LogP contribution in [0.25, 0.3) is 10.9 Å². The number of aromatic nitrogens is 1. The molecule has 0 aliphatic heterocycles. The van der Waals surface area contributed by atoms with Crippen LogP contribution in [0.1, 0.15) is 15.9 Å². The molecule has 0 radical (unpaired) electrons. The number of carbonyl (C=O) groups excluding carboxylic acids is 1. The molecule has 5 heteroatoms. The number of amides is 1. The zero-order chi connectivity index (χ0) is 16.2. The number of benzene rings is 2. The predicted octanol–water partition coefficient (Wildman–Crippen LogP) is 3.83. The number of hydrogen-bond acceptors (Lipinski definition) is 3. The van der Waals surface area contributed by atoms with E-state index in [9.17, 15) is 4.79 Å². The molecule has 0 unspecified atom stereocenters. The van der Waals surface area contributed by atoms with Crippen LogP contribution in [-0.4, -0.2) is 17.9 Å². The van der Waals surface area contributed by atoms with Crippen molar-refractivity contribution in [2.45, 2.75) is 6.61 Å². The van der Waals surface area contributed by atoms with Crippen molar-refractivity contribution in [1.82, 2.24) is 10.3 Å². The first kappa shape index (κ1) is 15.3. The monoisotopic (exact) mass is 326 g/mol. The van der Waals surface area contributed by atoms with Crippen molar-refractivity contribution in [2.75, 3.05) is 7.05 Å². The van der Waals surface area contributed by atoms with Crippen molar-refractivity contribution in [3.05, 3.63) is 70.9 Å². The molecule has 2 aromatic carbocycles. The molecule has 116 valence electrons. The normalized spacial score (nSPS) is 10.5. The van der Waals surface area contributed by atoms with Gasteiger partial charge in [-0.1, -0.05) is 23.7 Å². The largest absolute Gasteiger partial charge is 0.489 e. The van der Waals surface area contributed by atoms with Crippen LogP contribution >= 0.6 is 11.6 Å². The molecule has 0 saturated carbocycles. The Kier molecular flexibility index (Phi) is 4.44. The van der Waals surface area contributed by atoms with Crippen molar-refractivity contribution in [2.24, 2.45) is 0 Å². The Morgan fingerprint density at radius 3 is 2.87 bits per heavy atom. The average Bonchev–Trinajstić information content (AvgIpc) is 2.58. The number of carbonyl (C=O) groups is 1. The summed E-state index contributed by atoms with van der Waals surface area (Å²) < 4.78 is 5.78. The van der Waals surface area contributed by atoms with Crippen LogP contribution in [0, 0.1) is 0 Å². The number of halogens is 1. The smallest absolute Gasteiger partial charge is 0.252 e. The van der Waals surface area contributed by atoms with Crippen molar-refractivity contribution < 1.29 is 9.53 Å². The minimum absolute atomic E-state index is 0.152. The third kappa shape index (κ3) is 3.60. The Morgan fingerprint density at radius 2 is 2.09 bits per heavy atom. The molecular formula is C18H15ClN2O2. The lowest BCUT2D eigenvalue weighted by Gasteiger charge is -2.08. The molecule has 4 nitrogen and oxygen atoms in total. The van der Waals surface area contributed by atoms with Gasteiger partial charge in [-0.15, -0.1) is 0 Å². The topological polar surface area (TPSA) is 51.2 Å². The molecule has 1 aromatic heterocycles. The minimum atomic E-state index is -0.152. The van der Waals surface area contributed by atoms with Gasteiger partial charge in [0.15, 0.2) is 0 Å². The Bertz CT molecular complexity index is 865. The van der Waals surface area contributed by atoms with E-state index >= 15 is 0 Å². The number of hydrogen-bond donors (Lipinski definition) is 1. The summed E-state index contributed by atoms with van der Waals surface area (Å²) in [7, 11) is 1.60. The maximum absolute atomic E-state index is 11.6. The lowest BCUT2D eigenvalue weighted by atomic mass is 10.1. The fourth-order valence-corrected chi connectivity index (χ4v) is 2.47. The summed E-state index contributed by atoms with van der Waals surface area (Å²) in [6.07, 6.45) is 1.56. The fraction of sp³-hybridized carbons (Fsp3) is 0.111. The van der Waals surface area contributed by atoms with Crippen LogP contribution in [-0.2, 0) is 6.61 Å². The van der Waals surface area contributed by atoms with Crippen molar-refractivity contribution in [3.8, 4) is 5.75 Å². The van der Waals surface area contributed by atoms with Gasteiger partial charge in [0.2, 0.25) is 0 Å². The summed E-state index contributed by atoms with van der Waals surface area (Å²) >= 11 is 5.96. The minimum Gasteiger partial charge on any atom is -0.489 e. The van der Waals surface area contributed by atoms with E-state index in [1.54, 1.807) is 13.2 Å². The van der Waals surface area contributed by atoms with Gasteiger partial charge in [0.05, 0.1) is 11.1 Å². The van der Waals surface area contributed by atoms with E-state index in [4.69, 9.17) is 16.3 Å². The molecule has 0 atom stereocenters. The maximum atomic E-state index is 11.6. The second-order valence-corrected chi connectivity index (χ2v) is 5.51. The zero-order valence-corrected chi connectivity index (χ0v) is 13.3. The summed E-state index contributed by atoms with van der Waals surface area (Å²) in [5.41, 5.74) is 2.31. The Labute approximate surface area is 139 Å². The quantitative estimate of drug-likeness (QED) is 0.792. The molecule has 0 fully saturated rings. The number of nitrogens with one attached hydrogen (secondary N) is 1. The van der Waals surface area contributed by atoms with E-state index in [-0.39, 0.29) is 5.91 Å². The highest BCUT2D eigenvalue weighted by atomic mass is 35.5. The van der Waals surface area contributed by atoms with Crippen LogP contribution in [0.5, 0.6) is 5.75 Å². The van der Waals surface area contributed by atoms with E-state index in [1.807, 2.05) is 48.5 Å². The van der Waals surface area contributed by atoms with Gasteiger partial charge in [0, 0.05) is 29.7 Å². The van der Waals surface area contributed by atoms with E-state index in [2.05, 4.69) is 10.3 Å². The van der Waals surface area contributed by atoms with Crippen molar-refractivity contribution in [1.29, 1.82) is 0 Å². The molecule has 23 heavy (non-hydrogen) atoms. The summed E-state index contributed by atoms with van der Waals surface area (Å²) in [5, 5.41) is 4.16. The summed E-state index contributed by atoms with van der Waals surface area (Å²) in [4.78, 5) is 15.9. The Hall–Kier alpha value is -2.59. The number of nitrogens with zero attached hydrogens (tertiary/aromatic N) is 1. The molecule has 0 spiro atoms. The number of fused-ring (bicyclic) bond motifs is 1. The number of rotatable bonds is 4. The molecule has 3 aromatic rings. The first-order valence-corrected chi connectivity index (χ1v) is 7.52. The third-order valence-corrected chi connectivity index (χ3v) is 3.67. The summed E-state index contributed by atoms with van der Waals surface area (Å²) in [5.74, 6) is 0.568. The van der Waals surface area contributed by atoms with Crippen molar-refractivity contribution >= 4 is 28.4 Å². The van der Waals surface area contributed by atoms with E-state index in [1.165, 1.54) is 0 Å². The second kappa shape index (κ2) is 6.67. The van der Waals surface area contributed by atoms with Crippen LogP contribution < -0.4 is 10.1 Å². The van der Waals surface area contributed by atoms with E-state index in [0.717, 1.165) is 22.2 Å². The molecule has 0 aliphatic rings. The molecule has 0 saturated heterocycles. The fourth-order valence-electron chi connectivity index (χ4n) is 2.25. The third-order valence-electron chi connectivity index (χ3n) is 3.44. The Morgan fingerprint density at radius 1 is 1.22 bits per heavy atom. The predicted molar refractivity (Wildman–Crippen MR) is 90.9 cm³/mol. The van der Waals surface area contributed by atoms with Gasteiger partial charge in [0.1, 0.15) is 12.4 Å². The molecule has 1 N–H and O–H groups in total. The zero-order valence-electron chi connectivity index (χ0n) is 12.5. The highest BCUT2D eigenvalue weighted by Gasteiger charge is 2.06. The lowest BCUT2D eigenvalue weighted by Crippen LogP contribution is -2.17. The van der Waals surface area contributed by atoms with Crippen molar-refractivity contribution in [3.63, 3.8) is 0 Å². The van der Waals surface area contributed by atoms with Gasteiger partial charge in [-0.3, -0.25) is 9.78 Å². The maximum Gasteiger partial charge on any atom is 0.252 e. The van der Waals surface area contributed by atoms with Gasteiger partial charge < -0.3 is 10.1 Å². The number of ether oxygens (including phenoxy) is 1. The van der Waals surface area contributed by atoms with Crippen LogP contribution in [0.2, 0.25) is 5.02 Å². The first-order valence-electron chi connectivity index (χ1n) is 7.15. The van der Waals surface area contributed by atoms with Gasteiger partial charge >= 0.3 is 0 Å². The first-order chi connectivity index (χ1) is 11.2. The lowest BCUT2D eigenvalue weighted by molar-refractivity contribution is 0.0963. The van der Waals surface area contributed by atoms with Crippen LogP contribution in [0.15, 0.2) is 54.7 Å². The van der Waals surface area contributed by atoms with E-state index in [0.29, 0.717) is 17.2 Å². The van der Waals surface area contributed by atoms with Crippen LogP contribution in [0.4, 0.5) is 0 Å².